The van der Waals surface area contributed by atoms with Crippen molar-refractivity contribution in [3.8, 4) is 11.5 Å². The Morgan fingerprint density at radius 3 is 2.80 bits per heavy atom. The van der Waals surface area contributed by atoms with Gasteiger partial charge in [-0.1, -0.05) is 6.07 Å². The topological polar surface area (TPSA) is 43.4 Å². The maximum Gasteiger partial charge on any atom is 0.140 e. The molecule has 0 aliphatic carbocycles. The second-order valence-corrected chi connectivity index (χ2v) is 5.53. The first-order valence-electron chi connectivity index (χ1n) is 6.53. The summed E-state index contributed by atoms with van der Waals surface area (Å²) in [6, 6.07) is 6.12. The van der Waals surface area contributed by atoms with E-state index in [1.54, 1.807) is 18.4 Å². The number of nitrogens with zero attached hydrogens (tertiary/aromatic N) is 1. The molecule has 4 nitrogen and oxygen atoms in total. The van der Waals surface area contributed by atoms with E-state index < -0.39 is 0 Å². The molecule has 1 aromatic carbocycles. The summed E-state index contributed by atoms with van der Waals surface area (Å²) in [5.74, 6) is 1.63. The van der Waals surface area contributed by atoms with Crippen molar-refractivity contribution >= 4 is 11.3 Å². The third-order valence-electron chi connectivity index (χ3n) is 3.14. The lowest BCUT2D eigenvalue weighted by Gasteiger charge is -2.17. The highest BCUT2D eigenvalue weighted by Crippen LogP contribution is 2.30. The van der Waals surface area contributed by atoms with E-state index in [2.05, 4.69) is 17.2 Å². The van der Waals surface area contributed by atoms with Crippen LogP contribution in [0, 0.1) is 6.92 Å². The van der Waals surface area contributed by atoms with Crippen molar-refractivity contribution in [3.63, 3.8) is 0 Å². The number of rotatable bonds is 6. The first-order valence-corrected chi connectivity index (χ1v) is 7.41. The number of aromatic nitrogens is 1. The zero-order valence-corrected chi connectivity index (χ0v) is 13.1. The molecule has 1 heterocycles. The first-order chi connectivity index (χ1) is 9.63. The molecule has 0 radical (unpaired) electrons. The Balaban J connectivity index is 2.18. The van der Waals surface area contributed by atoms with Crippen molar-refractivity contribution in [3.05, 3.63) is 39.8 Å². The van der Waals surface area contributed by atoms with E-state index in [-0.39, 0.29) is 6.04 Å². The molecule has 0 saturated heterocycles. The van der Waals surface area contributed by atoms with Crippen molar-refractivity contribution < 1.29 is 9.47 Å². The summed E-state index contributed by atoms with van der Waals surface area (Å²) >= 11 is 1.62. The average Bonchev–Trinajstić information content (AvgIpc) is 2.89. The summed E-state index contributed by atoms with van der Waals surface area (Å²) in [5, 5.41) is 6.24. The van der Waals surface area contributed by atoms with Crippen LogP contribution in [-0.2, 0) is 6.61 Å². The Hall–Kier alpha value is -1.59. The van der Waals surface area contributed by atoms with E-state index in [4.69, 9.17) is 9.47 Å². The molecule has 0 aliphatic rings. The van der Waals surface area contributed by atoms with E-state index in [0.29, 0.717) is 6.61 Å². The fraction of sp³-hybridized carbons (Fsp3) is 0.400. The van der Waals surface area contributed by atoms with Crippen LogP contribution in [0.25, 0.3) is 0 Å². The average molecular weight is 292 g/mol. The highest BCUT2D eigenvalue weighted by atomic mass is 32.1. The van der Waals surface area contributed by atoms with Gasteiger partial charge in [0.15, 0.2) is 0 Å². The molecular formula is C15H20N2O2S. The Morgan fingerprint density at radius 2 is 2.20 bits per heavy atom. The van der Waals surface area contributed by atoms with Gasteiger partial charge < -0.3 is 14.8 Å². The smallest absolute Gasteiger partial charge is 0.140 e. The molecule has 1 atom stereocenters. The lowest BCUT2D eigenvalue weighted by Crippen LogP contribution is -2.13. The molecule has 5 heteroatoms. The number of aryl methyl sites for hydroxylation is 1. The normalized spacial score (nSPS) is 12.2. The minimum absolute atomic E-state index is 0.217. The molecule has 0 saturated carbocycles. The lowest BCUT2D eigenvalue weighted by molar-refractivity contribution is 0.297. The van der Waals surface area contributed by atoms with Gasteiger partial charge in [-0.15, -0.1) is 11.3 Å². The van der Waals surface area contributed by atoms with Crippen LogP contribution in [0.15, 0.2) is 23.6 Å². The van der Waals surface area contributed by atoms with E-state index in [1.807, 2.05) is 37.6 Å². The van der Waals surface area contributed by atoms with Crippen LogP contribution in [0.1, 0.15) is 29.2 Å². The van der Waals surface area contributed by atoms with Gasteiger partial charge in [0.25, 0.3) is 0 Å². The van der Waals surface area contributed by atoms with Crippen LogP contribution < -0.4 is 14.8 Å². The van der Waals surface area contributed by atoms with Gasteiger partial charge in [-0.25, -0.2) is 4.98 Å². The summed E-state index contributed by atoms with van der Waals surface area (Å²) in [7, 11) is 3.59. The van der Waals surface area contributed by atoms with E-state index in [9.17, 15) is 0 Å². The third-order valence-corrected chi connectivity index (χ3v) is 4.08. The van der Waals surface area contributed by atoms with Gasteiger partial charge in [-0.3, -0.25) is 0 Å². The van der Waals surface area contributed by atoms with Crippen LogP contribution in [0.3, 0.4) is 0 Å². The van der Waals surface area contributed by atoms with Gasteiger partial charge in [0.05, 0.1) is 7.11 Å². The zero-order chi connectivity index (χ0) is 14.5. The summed E-state index contributed by atoms with van der Waals surface area (Å²) in [5.41, 5.74) is 2.14. The first kappa shape index (κ1) is 14.8. The molecule has 0 fully saturated rings. The third kappa shape index (κ3) is 3.49. The lowest BCUT2D eigenvalue weighted by atomic mass is 10.1. The summed E-state index contributed by atoms with van der Waals surface area (Å²) < 4.78 is 11.2. The number of benzene rings is 1. The second-order valence-electron chi connectivity index (χ2n) is 4.59. The van der Waals surface area contributed by atoms with Crippen LogP contribution in [0.2, 0.25) is 0 Å². The van der Waals surface area contributed by atoms with Gasteiger partial charge in [0.1, 0.15) is 23.1 Å². The highest BCUT2D eigenvalue weighted by Gasteiger charge is 2.12. The molecule has 0 aliphatic heterocycles. The van der Waals surface area contributed by atoms with Gasteiger partial charge >= 0.3 is 0 Å². The molecule has 20 heavy (non-hydrogen) atoms. The molecule has 1 N–H and O–H groups in total. The number of nitrogens with one attached hydrogen (secondary N) is 1. The van der Waals surface area contributed by atoms with E-state index in [0.717, 1.165) is 27.8 Å². The Bertz CT molecular complexity index is 569. The number of methoxy groups -OCH3 is 1. The molecule has 0 spiro atoms. The van der Waals surface area contributed by atoms with Crippen LogP contribution in [0.5, 0.6) is 11.5 Å². The fourth-order valence-corrected chi connectivity index (χ4v) is 2.57. The molecular weight excluding hydrogens is 272 g/mol. The zero-order valence-electron chi connectivity index (χ0n) is 12.3. The maximum atomic E-state index is 5.93. The highest BCUT2D eigenvalue weighted by molar-refractivity contribution is 7.09. The van der Waals surface area contributed by atoms with Gasteiger partial charge in [-0.05, 0) is 27.0 Å². The summed E-state index contributed by atoms with van der Waals surface area (Å²) in [4.78, 5) is 4.41. The number of thiazole rings is 1. The minimum atomic E-state index is 0.217. The van der Waals surface area contributed by atoms with Crippen LogP contribution >= 0.6 is 11.3 Å². The minimum Gasteiger partial charge on any atom is -0.497 e. The predicted octanol–water partition coefficient (Wildman–Crippen LogP) is 3.32. The van der Waals surface area contributed by atoms with Crippen molar-refractivity contribution in [2.24, 2.45) is 0 Å². The Kier molecular flexibility index (Phi) is 4.98. The van der Waals surface area contributed by atoms with Crippen molar-refractivity contribution in [1.82, 2.24) is 10.3 Å². The Morgan fingerprint density at radius 1 is 1.40 bits per heavy atom. The van der Waals surface area contributed by atoms with Gasteiger partial charge in [-0.2, -0.15) is 0 Å². The number of hydrogen-bond acceptors (Lipinski definition) is 5. The quantitative estimate of drug-likeness (QED) is 0.887. The monoisotopic (exact) mass is 292 g/mol. The maximum absolute atomic E-state index is 5.93. The summed E-state index contributed by atoms with van der Waals surface area (Å²) in [6.45, 7) is 4.57. The number of hydrogen-bond donors (Lipinski definition) is 1. The summed E-state index contributed by atoms with van der Waals surface area (Å²) in [6.07, 6.45) is 0. The van der Waals surface area contributed by atoms with E-state index in [1.165, 1.54) is 0 Å². The molecule has 1 aromatic heterocycles. The number of ether oxygens (including phenoxy) is 2. The standard InChI is InChI=1S/C15H20N2O2S/c1-10-9-20-15(17-10)8-19-14-7-12(18-4)5-6-13(14)11(2)16-3/h5-7,9,11,16H,8H2,1-4H3. The molecule has 0 bridgehead atoms. The van der Waals surface area contributed by atoms with Crippen molar-refractivity contribution in [1.29, 1.82) is 0 Å². The second kappa shape index (κ2) is 6.72. The van der Waals surface area contributed by atoms with E-state index >= 15 is 0 Å². The molecule has 0 amide bonds. The molecule has 2 aromatic rings. The molecule has 108 valence electrons. The van der Waals surface area contributed by atoms with Crippen LogP contribution in [0.4, 0.5) is 0 Å². The Labute approximate surface area is 123 Å². The SMILES string of the molecule is CNC(C)c1ccc(OC)cc1OCc1nc(C)cs1. The largest absolute Gasteiger partial charge is 0.497 e. The van der Waals surface area contributed by atoms with Crippen molar-refractivity contribution in [2.75, 3.05) is 14.2 Å². The predicted molar refractivity (Wildman–Crippen MR) is 81.7 cm³/mol. The van der Waals surface area contributed by atoms with Gasteiger partial charge in [0.2, 0.25) is 0 Å². The molecule has 2 rings (SSSR count). The fourth-order valence-electron chi connectivity index (χ4n) is 1.89. The molecule has 1 unspecified atom stereocenters. The van der Waals surface area contributed by atoms with Crippen LogP contribution in [-0.4, -0.2) is 19.1 Å². The van der Waals surface area contributed by atoms with Crippen molar-refractivity contribution in [2.45, 2.75) is 26.5 Å². The van der Waals surface area contributed by atoms with Gasteiger partial charge in [0, 0.05) is 28.7 Å².